The van der Waals surface area contributed by atoms with Crippen molar-refractivity contribution in [2.45, 2.75) is 145 Å². The second kappa shape index (κ2) is 12.5. The van der Waals surface area contributed by atoms with Gasteiger partial charge in [-0.05, 0) is 85.9 Å². The molecule has 4 rings (SSSR count). The van der Waals surface area contributed by atoms with Crippen molar-refractivity contribution in [3.8, 4) is 0 Å². The van der Waals surface area contributed by atoms with Crippen LogP contribution >= 0.6 is 0 Å². The number of fused-ring (bicyclic) bond motifs is 5. The van der Waals surface area contributed by atoms with E-state index in [0.29, 0.717) is 25.2 Å². The van der Waals surface area contributed by atoms with Crippen LogP contribution in [0.2, 0.25) is 0 Å². The molecule has 44 heavy (non-hydrogen) atoms. The molecule has 0 spiro atoms. The molecular weight excluding hydrogens is 560 g/mol. The summed E-state index contributed by atoms with van der Waals surface area (Å²) in [5, 5.41) is 0. The molecule has 0 aliphatic heterocycles. The molecule has 8 nitrogen and oxygen atoms in total. The summed E-state index contributed by atoms with van der Waals surface area (Å²) < 4.78 is 17.6. The van der Waals surface area contributed by atoms with Crippen LogP contribution in [-0.4, -0.2) is 48.3 Å². The second-order valence-corrected chi connectivity index (χ2v) is 15.7. The largest absolute Gasteiger partial charge is 0.462 e. The van der Waals surface area contributed by atoms with Crippen LogP contribution in [0.15, 0.2) is 0 Å². The average molecular weight is 617 g/mol. The Morgan fingerprint density at radius 2 is 1.50 bits per heavy atom. The van der Waals surface area contributed by atoms with E-state index in [4.69, 9.17) is 14.2 Å². The van der Waals surface area contributed by atoms with E-state index in [1.165, 1.54) is 27.2 Å². The van der Waals surface area contributed by atoms with Crippen LogP contribution in [0, 0.1) is 51.2 Å². The Morgan fingerprint density at radius 1 is 0.841 bits per heavy atom. The Labute approximate surface area is 264 Å². The van der Waals surface area contributed by atoms with Gasteiger partial charge in [-0.1, -0.05) is 54.4 Å². The summed E-state index contributed by atoms with van der Waals surface area (Å²) in [4.78, 5) is 63.9. The first-order valence-electron chi connectivity index (χ1n) is 17.0. The summed E-state index contributed by atoms with van der Waals surface area (Å²) in [5.74, 6) is -2.58. The van der Waals surface area contributed by atoms with Gasteiger partial charge < -0.3 is 19.0 Å². The number of aldehydes is 1. The number of carbonyl (C=O) groups excluding carboxylic acids is 5. The van der Waals surface area contributed by atoms with E-state index in [-0.39, 0.29) is 46.3 Å². The minimum absolute atomic E-state index is 0.0361. The third kappa shape index (κ3) is 5.65. The van der Waals surface area contributed by atoms with E-state index in [9.17, 15) is 24.0 Å². The van der Waals surface area contributed by atoms with Gasteiger partial charge in [-0.2, -0.15) is 0 Å². The molecular formula is C36H56O8. The number of hydrogen-bond donors (Lipinski definition) is 0. The molecule has 0 aromatic carbocycles. The maximum atomic E-state index is 13.3. The van der Waals surface area contributed by atoms with Crippen molar-refractivity contribution < 1.29 is 38.2 Å². The Bertz CT molecular complexity index is 1150. The summed E-state index contributed by atoms with van der Waals surface area (Å²) in [6.45, 7) is 17.6. The van der Waals surface area contributed by atoms with E-state index >= 15 is 0 Å². The summed E-state index contributed by atoms with van der Waals surface area (Å²) in [6, 6.07) is 0. The monoisotopic (exact) mass is 616 g/mol. The Hall–Kier alpha value is -2.25. The lowest BCUT2D eigenvalue weighted by Gasteiger charge is -2.71. The normalized spacial score (nSPS) is 43.7. The molecule has 248 valence electrons. The molecule has 4 aliphatic rings. The zero-order valence-corrected chi connectivity index (χ0v) is 28.5. The lowest BCUT2D eigenvalue weighted by molar-refractivity contribution is -0.264. The van der Waals surface area contributed by atoms with Gasteiger partial charge in [-0.25, -0.2) is 0 Å². The van der Waals surface area contributed by atoms with Crippen molar-refractivity contribution in [1.82, 2.24) is 0 Å². The van der Waals surface area contributed by atoms with Crippen molar-refractivity contribution in [2.75, 3.05) is 0 Å². The Morgan fingerprint density at radius 3 is 2.05 bits per heavy atom. The van der Waals surface area contributed by atoms with E-state index < -0.39 is 47.5 Å². The average Bonchev–Trinajstić information content (AvgIpc) is 2.93. The molecule has 8 heteroatoms. The predicted molar refractivity (Wildman–Crippen MR) is 165 cm³/mol. The van der Waals surface area contributed by atoms with Gasteiger partial charge in [0.1, 0.15) is 30.4 Å². The summed E-state index contributed by atoms with van der Waals surface area (Å²) in [5.41, 5.74) is -0.721. The summed E-state index contributed by atoms with van der Waals surface area (Å²) >= 11 is 0. The molecule has 0 amide bonds. The fourth-order valence-electron chi connectivity index (χ4n) is 11.4. The Balaban J connectivity index is 1.79. The van der Waals surface area contributed by atoms with Gasteiger partial charge >= 0.3 is 17.9 Å². The zero-order chi connectivity index (χ0) is 32.8. The lowest BCUT2D eigenvalue weighted by atomic mass is 9.33. The summed E-state index contributed by atoms with van der Waals surface area (Å²) in [6.07, 6.45) is 7.01. The summed E-state index contributed by atoms with van der Waals surface area (Å²) in [7, 11) is 0. The quantitative estimate of drug-likeness (QED) is 0.161. The Kier molecular flexibility index (Phi) is 9.84. The number of ketones is 1. The molecule has 4 fully saturated rings. The number of carbonyl (C=O) groups is 5. The molecule has 0 aromatic rings. The molecule has 12 atom stereocenters. The van der Waals surface area contributed by atoms with E-state index in [0.717, 1.165) is 38.4 Å². The zero-order valence-electron chi connectivity index (χ0n) is 28.5. The van der Waals surface area contributed by atoms with Crippen molar-refractivity contribution >= 4 is 30.0 Å². The van der Waals surface area contributed by atoms with Gasteiger partial charge in [0.2, 0.25) is 0 Å². The van der Waals surface area contributed by atoms with Crippen molar-refractivity contribution in [1.29, 1.82) is 0 Å². The molecule has 4 aliphatic carbocycles. The van der Waals surface area contributed by atoms with Crippen LogP contribution in [0.1, 0.15) is 127 Å². The predicted octanol–water partition coefficient (Wildman–Crippen LogP) is 6.65. The van der Waals surface area contributed by atoms with Crippen LogP contribution in [0.4, 0.5) is 0 Å². The second-order valence-electron chi connectivity index (χ2n) is 15.7. The smallest absolute Gasteiger partial charge is 0.309 e. The first-order chi connectivity index (χ1) is 20.5. The van der Waals surface area contributed by atoms with E-state index in [2.05, 4.69) is 27.7 Å². The van der Waals surface area contributed by atoms with Gasteiger partial charge in [-0.15, -0.1) is 0 Å². The first-order valence-corrected chi connectivity index (χ1v) is 17.0. The van der Waals surface area contributed by atoms with Gasteiger partial charge in [0.05, 0.1) is 12.3 Å². The number of esters is 3. The van der Waals surface area contributed by atoms with Gasteiger partial charge in [0.25, 0.3) is 0 Å². The third-order valence-electron chi connectivity index (χ3n) is 13.5. The molecule has 0 saturated heterocycles. The maximum absolute atomic E-state index is 13.3. The van der Waals surface area contributed by atoms with E-state index in [1.54, 1.807) is 0 Å². The van der Waals surface area contributed by atoms with Crippen molar-refractivity contribution in [2.24, 2.45) is 51.2 Å². The SMILES string of the molecule is CCC(CC(=O)O[C@@H]1C[C@H]2[C@]3(C)CC[C@H]4[C@@](C)(CC)CCC[C@]4(C)[C@H]3C[C@@H](OC(C)=O)[C@]2(C)[C@@H](C=O)[C@@H]1C(C)=O)OC(C)=O. The minimum atomic E-state index is -0.852. The van der Waals surface area contributed by atoms with Crippen molar-refractivity contribution in [3.63, 3.8) is 0 Å². The third-order valence-corrected chi connectivity index (χ3v) is 13.5. The topological polar surface area (TPSA) is 113 Å². The molecule has 0 aromatic heterocycles. The van der Waals surface area contributed by atoms with Gasteiger partial charge in [0, 0.05) is 25.2 Å². The standard InChI is InChI=1S/C36H56O8/c1-10-24(42-22(4)39)17-31(41)44-26-18-29-35(8)16-13-27-33(6,11-2)14-12-15-34(27,7)28(35)19-30(43-23(5)40)36(29,9)25(20-37)32(26)21(3)38/h20,24-30,32H,10-19H2,1-9H3/t24?,25-,26+,27-,28+,29-,30+,32-,33-,34-,35+,36+/m0/s1. The van der Waals surface area contributed by atoms with Crippen LogP contribution < -0.4 is 0 Å². The van der Waals surface area contributed by atoms with Crippen LogP contribution in [0.25, 0.3) is 0 Å². The number of ether oxygens (including phenoxy) is 3. The van der Waals surface area contributed by atoms with E-state index in [1.807, 2.05) is 13.8 Å². The molecule has 0 bridgehead atoms. The molecule has 0 radical (unpaired) electrons. The highest BCUT2D eigenvalue weighted by Crippen LogP contribution is 2.74. The molecule has 4 saturated carbocycles. The maximum Gasteiger partial charge on any atom is 0.309 e. The van der Waals surface area contributed by atoms with Gasteiger partial charge in [-0.3, -0.25) is 19.2 Å². The molecule has 0 N–H and O–H groups in total. The fraction of sp³-hybridized carbons (Fsp3) is 0.861. The van der Waals surface area contributed by atoms with Crippen molar-refractivity contribution in [3.05, 3.63) is 0 Å². The number of rotatable bonds is 9. The molecule has 1 unspecified atom stereocenters. The highest BCUT2D eigenvalue weighted by Gasteiger charge is 2.71. The van der Waals surface area contributed by atoms with Crippen LogP contribution in [0.5, 0.6) is 0 Å². The first kappa shape index (κ1) is 34.6. The highest BCUT2D eigenvalue weighted by molar-refractivity contribution is 5.83. The number of Topliss-reactive ketones (excluding diaryl/α,β-unsaturated/α-hetero) is 1. The van der Waals surface area contributed by atoms with Crippen LogP contribution in [0.3, 0.4) is 0 Å². The minimum Gasteiger partial charge on any atom is -0.462 e. The highest BCUT2D eigenvalue weighted by atomic mass is 16.6. The number of hydrogen-bond acceptors (Lipinski definition) is 8. The molecule has 0 heterocycles. The van der Waals surface area contributed by atoms with Crippen LogP contribution in [-0.2, 0) is 38.2 Å². The fourth-order valence-corrected chi connectivity index (χ4v) is 11.4. The van der Waals surface area contributed by atoms with Gasteiger partial charge in [0.15, 0.2) is 0 Å². The lowest BCUT2D eigenvalue weighted by Crippen LogP contribution is -2.70.